The van der Waals surface area contributed by atoms with Crippen LogP contribution in [0, 0.1) is 11.8 Å². The molecule has 0 aromatic carbocycles. The molecule has 0 aromatic heterocycles. The highest BCUT2D eigenvalue weighted by atomic mass is 16.4. The van der Waals surface area contributed by atoms with Crippen molar-refractivity contribution in [1.82, 2.24) is 10.2 Å². The number of likely N-dealkylation sites (tertiary alicyclic amines) is 1. The van der Waals surface area contributed by atoms with Gasteiger partial charge in [0.1, 0.15) is 0 Å². The van der Waals surface area contributed by atoms with E-state index in [1.54, 1.807) is 0 Å². The summed E-state index contributed by atoms with van der Waals surface area (Å²) in [6, 6.07) is 1.02. The molecule has 0 spiro atoms. The van der Waals surface area contributed by atoms with Gasteiger partial charge in [0.25, 0.3) is 0 Å². The number of nitrogens with one attached hydrogen (secondary N) is 1. The van der Waals surface area contributed by atoms with Gasteiger partial charge in [-0.1, -0.05) is 13.8 Å². The molecule has 17 heavy (non-hydrogen) atoms. The van der Waals surface area contributed by atoms with Crippen LogP contribution in [0.5, 0.6) is 0 Å². The molecule has 2 N–H and O–H groups in total. The van der Waals surface area contributed by atoms with Crippen molar-refractivity contribution in [3.63, 3.8) is 0 Å². The normalized spacial score (nSPS) is 30.8. The van der Waals surface area contributed by atoms with Crippen LogP contribution in [-0.4, -0.2) is 47.7 Å². The molecule has 1 saturated heterocycles. The number of hydrogen-bond acceptors (Lipinski definition) is 3. The highest BCUT2D eigenvalue weighted by molar-refractivity contribution is 5.70. The second-order valence-corrected chi connectivity index (χ2v) is 5.95. The second kappa shape index (κ2) is 5.36. The van der Waals surface area contributed by atoms with Crippen molar-refractivity contribution >= 4 is 5.97 Å². The number of hydrogen-bond donors (Lipinski definition) is 2. The Morgan fingerprint density at radius 2 is 2.12 bits per heavy atom. The first kappa shape index (κ1) is 12.8. The number of aliphatic carboxylic acids is 1. The minimum Gasteiger partial charge on any atom is -0.481 e. The molecular weight excluding hydrogens is 216 g/mol. The Kier molecular flexibility index (Phi) is 4.05. The Bertz CT molecular complexity index is 277. The van der Waals surface area contributed by atoms with Crippen LogP contribution in [0.25, 0.3) is 0 Å². The van der Waals surface area contributed by atoms with E-state index in [2.05, 4.69) is 24.1 Å². The van der Waals surface area contributed by atoms with Crippen LogP contribution in [0.1, 0.15) is 33.1 Å². The average Bonchev–Trinajstić information content (AvgIpc) is 3.09. The maximum Gasteiger partial charge on any atom is 0.307 e. The van der Waals surface area contributed by atoms with Gasteiger partial charge in [-0.25, -0.2) is 0 Å². The van der Waals surface area contributed by atoms with Crippen molar-refractivity contribution in [1.29, 1.82) is 0 Å². The second-order valence-electron chi connectivity index (χ2n) is 5.95. The fourth-order valence-electron chi connectivity index (χ4n) is 2.60. The molecule has 98 valence electrons. The van der Waals surface area contributed by atoms with Gasteiger partial charge in [-0.2, -0.15) is 0 Å². The molecule has 4 heteroatoms. The van der Waals surface area contributed by atoms with E-state index in [1.165, 1.54) is 12.8 Å². The first-order chi connectivity index (χ1) is 8.06. The summed E-state index contributed by atoms with van der Waals surface area (Å²) in [6.07, 6.45) is 3.29. The largest absolute Gasteiger partial charge is 0.481 e. The third-order valence-corrected chi connectivity index (χ3v) is 3.71. The SMILES string of the molecule is CC(C)CNC1CC(C(=O)O)CN(C2CC2)C1. The highest BCUT2D eigenvalue weighted by Crippen LogP contribution is 2.31. The molecule has 1 aliphatic heterocycles. The van der Waals surface area contributed by atoms with E-state index < -0.39 is 5.97 Å². The van der Waals surface area contributed by atoms with Crippen LogP contribution in [0.15, 0.2) is 0 Å². The topological polar surface area (TPSA) is 52.6 Å². The summed E-state index contributed by atoms with van der Waals surface area (Å²) in [5, 5.41) is 12.7. The van der Waals surface area contributed by atoms with Gasteiger partial charge in [0.05, 0.1) is 5.92 Å². The molecule has 2 aliphatic rings. The van der Waals surface area contributed by atoms with E-state index in [0.29, 0.717) is 18.0 Å². The van der Waals surface area contributed by atoms with Gasteiger partial charge in [0.15, 0.2) is 0 Å². The molecular formula is C13H24N2O2. The summed E-state index contributed by atoms with van der Waals surface area (Å²) in [5.74, 6) is -0.199. The summed E-state index contributed by atoms with van der Waals surface area (Å²) in [7, 11) is 0. The molecule has 2 unspecified atom stereocenters. The summed E-state index contributed by atoms with van der Waals surface area (Å²) >= 11 is 0. The minimum atomic E-state index is -0.633. The smallest absolute Gasteiger partial charge is 0.307 e. The van der Waals surface area contributed by atoms with Crippen LogP contribution in [0.4, 0.5) is 0 Å². The van der Waals surface area contributed by atoms with Gasteiger partial charge < -0.3 is 10.4 Å². The van der Waals surface area contributed by atoms with Crippen molar-refractivity contribution in [3.05, 3.63) is 0 Å². The van der Waals surface area contributed by atoms with Gasteiger partial charge in [-0.3, -0.25) is 9.69 Å². The molecule has 0 radical (unpaired) electrons. The van der Waals surface area contributed by atoms with E-state index in [4.69, 9.17) is 0 Å². The molecule has 2 atom stereocenters. The van der Waals surface area contributed by atoms with Crippen molar-refractivity contribution < 1.29 is 9.90 Å². The third-order valence-electron chi connectivity index (χ3n) is 3.71. The standard InChI is InChI=1S/C13H24N2O2/c1-9(2)6-14-11-5-10(13(16)17)7-15(8-11)12-3-4-12/h9-12,14H,3-8H2,1-2H3,(H,16,17). The Hall–Kier alpha value is -0.610. The average molecular weight is 240 g/mol. The molecule has 2 rings (SSSR count). The van der Waals surface area contributed by atoms with E-state index in [0.717, 1.165) is 26.1 Å². The van der Waals surface area contributed by atoms with Crippen LogP contribution in [-0.2, 0) is 4.79 Å². The maximum atomic E-state index is 11.2. The monoisotopic (exact) mass is 240 g/mol. The van der Waals surface area contributed by atoms with Gasteiger partial charge in [-0.15, -0.1) is 0 Å². The zero-order valence-electron chi connectivity index (χ0n) is 10.9. The van der Waals surface area contributed by atoms with Gasteiger partial charge >= 0.3 is 5.97 Å². The van der Waals surface area contributed by atoms with E-state index >= 15 is 0 Å². The summed E-state index contributed by atoms with van der Waals surface area (Å²) in [5.41, 5.74) is 0. The Morgan fingerprint density at radius 1 is 1.41 bits per heavy atom. The minimum absolute atomic E-state index is 0.186. The van der Waals surface area contributed by atoms with Crippen molar-refractivity contribution in [3.8, 4) is 0 Å². The quantitative estimate of drug-likeness (QED) is 0.757. The van der Waals surface area contributed by atoms with Crippen molar-refractivity contribution in [2.45, 2.75) is 45.2 Å². The van der Waals surface area contributed by atoms with Crippen LogP contribution in [0.2, 0.25) is 0 Å². The number of carbonyl (C=O) groups is 1. The lowest BCUT2D eigenvalue weighted by Crippen LogP contribution is -2.52. The Balaban J connectivity index is 1.88. The Morgan fingerprint density at radius 3 is 2.65 bits per heavy atom. The van der Waals surface area contributed by atoms with Crippen LogP contribution < -0.4 is 5.32 Å². The first-order valence-corrected chi connectivity index (χ1v) is 6.76. The molecule has 0 bridgehead atoms. The number of carboxylic acids is 1. The van der Waals surface area contributed by atoms with E-state index in [1.807, 2.05) is 0 Å². The lowest BCUT2D eigenvalue weighted by molar-refractivity contribution is -0.144. The molecule has 2 fully saturated rings. The fraction of sp³-hybridized carbons (Fsp3) is 0.923. The molecule has 1 aliphatic carbocycles. The van der Waals surface area contributed by atoms with E-state index in [-0.39, 0.29) is 5.92 Å². The lowest BCUT2D eigenvalue weighted by Gasteiger charge is -2.37. The number of rotatable bonds is 5. The van der Waals surface area contributed by atoms with Gasteiger partial charge in [0.2, 0.25) is 0 Å². The van der Waals surface area contributed by atoms with Gasteiger partial charge in [0, 0.05) is 25.2 Å². The molecule has 0 amide bonds. The predicted octanol–water partition coefficient (Wildman–Crippen LogP) is 1.17. The van der Waals surface area contributed by atoms with Crippen LogP contribution >= 0.6 is 0 Å². The Labute approximate surface area is 103 Å². The molecule has 1 heterocycles. The zero-order valence-corrected chi connectivity index (χ0v) is 10.9. The molecule has 4 nitrogen and oxygen atoms in total. The number of carboxylic acid groups (broad SMARTS) is 1. The lowest BCUT2D eigenvalue weighted by atomic mass is 9.94. The van der Waals surface area contributed by atoms with Crippen LogP contribution in [0.3, 0.4) is 0 Å². The predicted molar refractivity (Wildman–Crippen MR) is 67.0 cm³/mol. The van der Waals surface area contributed by atoms with Crippen molar-refractivity contribution in [2.75, 3.05) is 19.6 Å². The number of piperidine rings is 1. The first-order valence-electron chi connectivity index (χ1n) is 6.76. The summed E-state index contributed by atoms with van der Waals surface area (Å²) in [6.45, 7) is 7.13. The van der Waals surface area contributed by atoms with Gasteiger partial charge in [-0.05, 0) is 31.7 Å². The summed E-state index contributed by atoms with van der Waals surface area (Å²) < 4.78 is 0. The fourth-order valence-corrected chi connectivity index (χ4v) is 2.60. The third kappa shape index (κ3) is 3.68. The van der Waals surface area contributed by atoms with E-state index in [9.17, 15) is 9.90 Å². The highest BCUT2D eigenvalue weighted by Gasteiger charge is 2.38. The summed E-state index contributed by atoms with van der Waals surface area (Å²) in [4.78, 5) is 13.5. The number of nitrogens with zero attached hydrogens (tertiary/aromatic N) is 1. The maximum absolute atomic E-state index is 11.2. The zero-order chi connectivity index (χ0) is 12.4. The molecule has 0 aromatic rings. The van der Waals surface area contributed by atoms with Crippen molar-refractivity contribution in [2.24, 2.45) is 11.8 Å². The molecule has 1 saturated carbocycles.